The quantitative estimate of drug-likeness (QED) is 0.549. The molecule has 1 atom stereocenters. The molecule has 3 aliphatic carbocycles. The van der Waals surface area contributed by atoms with Crippen LogP contribution in [0.5, 0.6) is 0 Å². The molecule has 3 aliphatic rings. The topological polar surface area (TPSA) is 63.6 Å². The average Bonchev–Trinajstić information content (AvgIpc) is 2.23. The molecule has 0 spiro atoms. The number of hydrogen-bond acceptors (Lipinski definition) is 3. The molecule has 3 rings (SSSR count). The van der Waals surface area contributed by atoms with E-state index >= 15 is 0 Å². The van der Waals surface area contributed by atoms with Gasteiger partial charge in [-0.25, -0.2) is 0 Å². The molecule has 4 nitrogen and oxygen atoms in total. The number of esters is 1. The van der Waals surface area contributed by atoms with Crippen LogP contribution < -0.4 is 0 Å². The summed E-state index contributed by atoms with van der Waals surface area (Å²) in [4.78, 5) is 23.0. The smallest absolute Gasteiger partial charge is 0.312 e. The molecule has 1 unspecified atom stereocenters. The highest BCUT2D eigenvalue weighted by Gasteiger charge is 2.76. The van der Waals surface area contributed by atoms with E-state index in [1.165, 1.54) is 5.57 Å². The number of aliphatic carboxylic acids is 1. The number of carboxylic acids is 1. The molecule has 3 fully saturated rings. The van der Waals surface area contributed by atoms with Crippen molar-refractivity contribution in [2.45, 2.75) is 59.3 Å². The van der Waals surface area contributed by atoms with Crippen LogP contribution in [0.4, 0.5) is 0 Å². The first-order valence-corrected chi connectivity index (χ1v) is 7.84. The predicted molar refractivity (Wildman–Crippen MR) is 79.8 cm³/mol. The Bertz CT molecular complexity index is 440. The first-order valence-electron chi connectivity index (χ1n) is 7.84. The largest absolute Gasteiger partial charge is 0.481 e. The van der Waals surface area contributed by atoms with E-state index in [4.69, 9.17) is 9.84 Å². The van der Waals surface area contributed by atoms with Crippen LogP contribution in [0.2, 0.25) is 0 Å². The monoisotopic (exact) mass is 294 g/mol. The zero-order valence-corrected chi connectivity index (χ0v) is 13.3. The fraction of sp³-hybridized carbons (Fsp3) is 0.765. The van der Waals surface area contributed by atoms with Crippen molar-refractivity contribution in [3.8, 4) is 0 Å². The lowest BCUT2D eigenvalue weighted by atomic mass is 9.35. The minimum atomic E-state index is -0.759. The third kappa shape index (κ3) is 3.14. The number of allylic oxidation sites excluding steroid dienone is 2. The second-order valence-corrected chi connectivity index (χ2v) is 7.28. The van der Waals surface area contributed by atoms with E-state index in [1.54, 1.807) is 0 Å². The van der Waals surface area contributed by atoms with Gasteiger partial charge in [0, 0.05) is 0 Å². The molecule has 21 heavy (non-hydrogen) atoms. The number of hydrogen-bond donors (Lipinski definition) is 1. The molecule has 1 N–H and O–H groups in total. The lowest BCUT2D eigenvalue weighted by molar-refractivity contribution is -0.234. The van der Waals surface area contributed by atoms with Crippen LogP contribution in [0.25, 0.3) is 0 Å². The molecule has 0 amide bonds. The van der Waals surface area contributed by atoms with Crippen molar-refractivity contribution in [1.82, 2.24) is 0 Å². The summed E-state index contributed by atoms with van der Waals surface area (Å²) in [5.74, 6) is -0.404. The summed E-state index contributed by atoms with van der Waals surface area (Å²) in [7, 11) is 0. The van der Waals surface area contributed by atoms with Gasteiger partial charge in [0.2, 0.25) is 0 Å². The minimum Gasteiger partial charge on any atom is -0.481 e. The number of carbonyl (C=O) groups is 2. The fourth-order valence-electron chi connectivity index (χ4n) is 3.54. The van der Waals surface area contributed by atoms with Gasteiger partial charge in [-0.05, 0) is 58.3 Å². The molecule has 0 radical (unpaired) electrons. The van der Waals surface area contributed by atoms with Crippen LogP contribution in [0, 0.1) is 16.7 Å². The molecule has 118 valence electrons. The van der Waals surface area contributed by atoms with Gasteiger partial charge < -0.3 is 9.84 Å². The highest BCUT2D eigenvalue weighted by molar-refractivity contribution is 5.90. The Kier molecular flexibility index (Phi) is 4.45. The van der Waals surface area contributed by atoms with Gasteiger partial charge in [-0.3, -0.25) is 9.59 Å². The van der Waals surface area contributed by atoms with Gasteiger partial charge in [-0.1, -0.05) is 18.6 Å². The maximum absolute atomic E-state index is 12.0. The number of ether oxygens (including phenoxy) is 1. The van der Waals surface area contributed by atoms with Gasteiger partial charge in [-0.15, -0.1) is 0 Å². The maximum Gasteiger partial charge on any atom is 0.312 e. The number of carboxylic acid groups (broad SMARTS) is 1. The third-order valence-corrected chi connectivity index (χ3v) is 4.97. The van der Waals surface area contributed by atoms with Crippen LogP contribution in [-0.2, 0) is 14.3 Å². The van der Waals surface area contributed by atoms with Gasteiger partial charge in [0.1, 0.15) is 0 Å². The molecule has 0 heterocycles. The highest BCUT2D eigenvalue weighted by atomic mass is 16.5. The molecule has 0 aromatic rings. The SMILES string of the molecule is CC(C)=CCCC(C)CCOC(=O)C12CC(C(=O)O)(C1)C2. The van der Waals surface area contributed by atoms with Gasteiger partial charge in [0.15, 0.2) is 0 Å². The molecule has 2 bridgehead atoms. The fourth-order valence-corrected chi connectivity index (χ4v) is 3.54. The minimum absolute atomic E-state index is 0.179. The van der Waals surface area contributed by atoms with E-state index in [0.717, 1.165) is 19.3 Å². The molecular formula is C17H26O4. The molecule has 0 aliphatic heterocycles. The van der Waals surface area contributed by atoms with Gasteiger partial charge in [-0.2, -0.15) is 0 Å². The second kappa shape index (κ2) is 5.82. The Morgan fingerprint density at radius 3 is 2.33 bits per heavy atom. The van der Waals surface area contributed by atoms with Crippen LogP contribution >= 0.6 is 0 Å². The molecule has 0 saturated heterocycles. The summed E-state index contributed by atoms with van der Waals surface area (Å²) in [6.45, 7) is 6.82. The Balaban J connectivity index is 1.61. The van der Waals surface area contributed by atoms with Crippen molar-refractivity contribution in [3.63, 3.8) is 0 Å². The molecule has 0 aromatic carbocycles. The van der Waals surface area contributed by atoms with E-state index in [0.29, 0.717) is 31.8 Å². The predicted octanol–water partition coefficient (Wildman–Crippen LogP) is 3.56. The van der Waals surface area contributed by atoms with E-state index in [9.17, 15) is 9.59 Å². The standard InChI is InChI=1S/C17H26O4/c1-12(2)5-4-6-13(3)7-8-21-15(20)17-9-16(10-17,11-17)14(18)19/h5,13H,4,6-11H2,1-3H3,(H,18,19). The molecule has 4 heteroatoms. The van der Waals surface area contributed by atoms with Crippen LogP contribution in [-0.4, -0.2) is 23.7 Å². The summed E-state index contributed by atoms with van der Waals surface area (Å²) in [6.07, 6.45) is 6.72. The lowest BCUT2D eigenvalue weighted by Crippen LogP contribution is -2.68. The summed E-state index contributed by atoms with van der Waals surface area (Å²) >= 11 is 0. The van der Waals surface area contributed by atoms with Gasteiger partial charge >= 0.3 is 11.9 Å². The van der Waals surface area contributed by atoms with E-state index in [2.05, 4.69) is 26.8 Å². The van der Waals surface area contributed by atoms with Crippen molar-refractivity contribution in [1.29, 1.82) is 0 Å². The first kappa shape index (κ1) is 16.1. The van der Waals surface area contributed by atoms with E-state index < -0.39 is 16.8 Å². The summed E-state index contributed by atoms with van der Waals surface area (Å²) < 4.78 is 5.36. The molecule has 3 saturated carbocycles. The van der Waals surface area contributed by atoms with Gasteiger partial charge in [0.25, 0.3) is 0 Å². The Morgan fingerprint density at radius 1 is 1.19 bits per heavy atom. The van der Waals surface area contributed by atoms with Crippen molar-refractivity contribution in [2.24, 2.45) is 16.7 Å². The Labute approximate surface area is 126 Å². The summed E-state index contributed by atoms with van der Waals surface area (Å²) in [5.41, 5.74) is 0.282. The van der Waals surface area contributed by atoms with Crippen molar-refractivity contribution in [2.75, 3.05) is 6.61 Å². The van der Waals surface area contributed by atoms with Crippen molar-refractivity contribution >= 4 is 11.9 Å². The Morgan fingerprint density at radius 2 is 1.81 bits per heavy atom. The molecule has 0 aromatic heterocycles. The summed E-state index contributed by atoms with van der Waals surface area (Å²) in [6, 6.07) is 0. The van der Waals surface area contributed by atoms with Gasteiger partial charge in [0.05, 0.1) is 17.4 Å². The Hall–Kier alpha value is -1.32. The van der Waals surface area contributed by atoms with Crippen LogP contribution in [0.3, 0.4) is 0 Å². The number of carbonyl (C=O) groups excluding carboxylic acids is 1. The lowest BCUT2D eigenvalue weighted by Gasteiger charge is -2.65. The van der Waals surface area contributed by atoms with Crippen LogP contribution in [0.15, 0.2) is 11.6 Å². The number of rotatable bonds is 8. The highest BCUT2D eigenvalue weighted by Crippen LogP contribution is 2.73. The second-order valence-electron chi connectivity index (χ2n) is 7.28. The first-order chi connectivity index (χ1) is 9.80. The van der Waals surface area contributed by atoms with E-state index in [-0.39, 0.29) is 5.97 Å². The third-order valence-electron chi connectivity index (χ3n) is 4.97. The molecular weight excluding hydrogens is 268 g/mol. The maximum atomic E-state index is 12.0. The average molecular weight is 294 g/mol. The van der Waals surface area contributed by atoms with Crippen molar-refractivity contribution in [3.05, 3.63) is 11.6 Å². The van der Waals surface area contributed by atoms with Crippen molar-refractivity contribution < 1.29 is 19.4 Å². The summed E-state index contributed by atoms with van der Waals surface area (Å²) in [5, 5.41) is 9.04. The van der Waals surface area contributed by atoms with Crippen LogP contribution in [0.1, 0.15) is 59.3 Å². The van der Waals surface area contributed by atoms with E-state index in [1.807, 2.05) is 0 Å². The zero-order chi connectivity index (χ0) is 15.7. The normalized spacial score (nSPS) is 30.6. The zero-order valence-electron chi connectivity index (χ0n) is 13.3.